The maximum Gasteiger partial charge on any atom is 0.159 e. The van der Waals surface area contributed by atoms with E-state index in [1.165, 1.54) is 51.4 Å². The van der Waals surface area contributed by atoms with Crippen LogP contribution in [0.3, 0.4) is 0 Å². The van der Waals surface area contributed by atoms with Crippen molar-refractivity contribution in [3.63, 3.8) is 0 Å². The molecule has 1 aromatic rings. The van der Waals surface area contributed by atoms with E-state index in [1.54, 1.807) is 17.2 Å². The van der Waals surface area contributed by atoms with Gasteiger partial charge in [-0.25, -0.2) is 0 Å². The van der Waals surface area contributed by atoms with Crippen molar-refractivity contribution in [1.29, 1.82) is 0 Å². The monoisotopic (exact) mass is 401 g/mol. The Bertz CT molecular complexity index is 732. The van der Waals surface area contributed by atoms with E-state index in [9.17, 15) is 4.79 Å². The number of rotatable bonds is 3. The fraction of sp³-hybridized carbons (Fsp3) is 0.870. The van der Waals surface area contributed by atoms with Crippen molar-refractivity contribution in [3.05, 3.63) is 12.4 Å². The number of hydrogen-bond donors (Lipinski definition) is 1. The minimum atomic E-state index is 0.199. The summed E-state index contributed by atoms with van der Waals surface area (Å²) in [5.74, 6) is 4.88. The number of thiol groups is 1. The van der Waals surface area contributed by atoms with Gasteiger partial charge in [-0.1, -0.05) is 13.8 Å². The van der Waals surface area contributed by atoms with E-state index in [1.807, 2.05) is 0 Å². The largest absolute Gasteiger partial charge is 0.297 e. The number of fused-ring (bicyclic) bond motifs is 5. The smallest absolute Gasteiger partial charge is 0.159 e. The zero-order valence-electron chi connectivity index (χ0n) is 17.4. The quantitative estimate of drug-likeness (QED) is 0.740. The third kappa shape index (κ3) is 3.07. The molecule has 0 aromatic carbocycles. The molecule has 4 fully saturated rings. The highest BCUT2D eigenvalue weighted by molar-refractivity contribution is 7.81. The summed E-state index contributed by atoms with van der Waals surface area (Å²) >= 11 is 4.95. The summed E-state index contributed by atoms with van der Waals surface area (Å²) in [6, 6.07) is 0. The van der Waals surface area contributed by atoms with Gasteiger partial charge in [-0.2, -0.15) is 27.6 Å². The number of Topliss-reactive ketones (excluding diaryl/α,β-unsaturated/α-hetero) is 1. The molecule has 0 unspecified atom stereocenters. The lowest BCUT2D eigenvalue weighted by Gasteiger charge is -2.57. The van der Waals surface area contributed by atoms with Gasteiger partial charge in [0.05, 0.1) is 12.4 Å². The zero-order chi connectivity index (χ0) is 19.5. The number of carbonyl (C=O) groups is 1. The van der Waals surface area contributed by atoms with Crippen molar-refractivity contribution in [2.75, 3.05) is 0 Å². The SMILES string of the molecule is C[C@@]1(S)CC[C@H]2[C@H](CC[C@@H]3[C@@H]2CC[C@]2(C)[C@@H](C(=O)Cn4nccn4)CC[C@@H]32)C1. The minimum absolute atomic E-state index is 0.199. The van der Waals surface area contributed by atoms with Crippen molar-refractivity contribution < 1.29 is 4.79 Å². The highest BCUT2D eigenvalue weighted by atomic mass is 32.1. The van der Waals surface area contributed by atoms with E-state index in [4.69, 9.17) is 12.6 Å². The average molecular weight is 402 g/mol. The molecule has 4 aliphatic carbocycles. The van der Waals surface area contributed by atoms with Crippen molar-refractivity contribution in [2.24, 2.45) is 40.9 Å². The van der Waals surface area contributed by atoms with Gasteiger partial charge in [0.25, 0.3) is 0 Å². The fourth-order valence-corrected chi connectivity index (χ4v) is 8.55. The number of hydrogen-bond acceptors (Lipinski definition) is 4. The van der Waals surface area contributed by atoms with Crippen LogP contribution in [0.15, 0.2) is 12.4 Å². The van der Waals surface area contributed by atoms with E-state index in [0.717, 1.165) is 36.0 Å². The van der Waals surface area contributed by atoms with Gasteiger partial charge in [-0.15, -0.1) is 0 Å². The lowest BCUT2D eigenvalue weighted by molar-refractivity contribution is -0.131. The van der Waals surface area contributed by atoms with Gasteiger partial charge in [0, 0.05) is 10.7 Å². The summed E-state index contributed by atoms with van der Waals surface area (Å²) in [4.78, 5) is 14.7. The van der Waals surface area contributed by atoms with Crippen molar-refractivity contribution in [2.45, 2.75) is 82.9 Å². The van der Waals surface area contributed by atoms with Crippen molar-refractivity contribution in [3.8, 4) is 0 Å². The molecule has 5 heteroatoms. The summed E-state index contributed by atoms with van der Waals surface area (Å²) in [5.41, 5.74) is 0.199. The van der Waals surface area contributed by atoms with E-state index >= 15 is 0 Å². The van der Waals surface area contributed by atoms with Crippen LogP contribution in [0.1, 0.15) is 71.6 Å². The first-order chi connectivity index (χ1) is 13.4. The number of ketones is 1. The molecule has 4 nitrogen and oxygen atoms in total. The normalized spacial score (nSPS) is 47.8. The Morgan fingerprint density at radius 2 is 1.75 bits per heavy atom. The molecule has 0 spiro atoms. The molecule has 8 atom stereocenters. The van der Waals surface area contributed by atoms with Gasteiger partial charge in [0.15, 0.2) is 5.78 Å². The van der Waals surface area contributed by atoms with E-state index in [2.05, 4.69) is 24.0 Å². The molecular formula is C23H35N3OS. The van der Waals surface area contributed by atoms with Gasteiger partial charge >= 0.3 is 0 Å². The topological polar surface area (TPSA) is 47.8 Å². The van der Waals surface area contributed by atoms with E-state index < -0.39 is 0 Å². The summed E-state index contributed by atoms with van der Waals surface area (Å²) < 4.78 is 0.253. The Kier molecular flexibility index (Phi) is 4.68. The second-order valence-electron chi connectivity index (χ2n) is 10.9. The van der Waals surface area contributed by atoms with Gasteiger partial charge in [-0.05, 0) is 92.8 Å². The first-order valence-corrected chi connectivity index (χ1v) is 11.9. The van der Waals surface area contributed by atoms with Gasteiger partial charge in [-0.3, -0.25) is 4.79 Å². The van der Waals surface area contributed by atoms with Crippen LogP contribution in [0.5, 0.6) is 0 Å². The third-order valence-corrected chi connectivity index (χ3v) is 9.80. The van der Waals surface area contributed by atoms with Crippen LogP contribution in [-0.4, -0.2) is 25.5 Å². The summed E-state index contributed by atoms with van der Waals surface area (Å²) in [7, 11) is 0. The first-order valence-electron chi connectivity index (χ1n) is 11.5. The van der Waals surface area contributed by atoms with Crippen LogP contribution < -0.4 is 0 Å². The predicted octanol–water partition coefficient (Wildman–Crippen LogP) is 4.80. The van der Waals surface area contributed by atoms with Gasteiger partial charge in [0.2, 0.25) is 0 Å². The summed E-state index contributed by atoms with van der Waals surface area (Å²) in [6.07, 6.45) is 15.0. The Morgan fingerprint density at radius 1 is 1.00 bits per heavy atom. The average Bonchev–Trinajstić information content (AvgIpc) is 3.27. The second kappa shape index (κ2) is 6.85. The highest BCUT2D eigenvalue weighted by Gasteiger charge is 2.58. The lowest BCUT2D eigenvalue weighted by Crippen LogP contribution is -2.50. The molecule has 0 aliphatic heterocycles. The van der Waals surface area contributed by atoms with Crippen LogP contribution in [0.2, 0.25) is 0 Å². The van der Waals surface area contributed by atoms with Crippen LogP contribution >= 0.6 is 12.6 Å². The summed E-state index contributed by atoms with van der Waals surface area (Å²) in [5, 5.41) is 8.31. The molecule has 0 saturated heterocycles. The van der Waals surface area contributed by atoms with Crippen LogP contribution in [0.25, 0.3) is 0 Å². The number of carbonyl (C=O) groups excluding carboxylic acids is 1. The third-order valence-electron chi connectivity index (χ3n) is 9.39. The maximum absolute atomic E-state index is 13.1. The summed E-state index contributed by atoms with van der Waals surface area (Å²) in [6.45, 7) is 5.13. The Hall–Kier alpha value is -0.840. The number of aromatic nitrogens is 3. The van der Waals surface area contributed by atoms with Crippen molar-refractivity contribution in [1.82, 2.24) is 15.0 Å². The Morgan fingerprint density at radius 3 is 2.54 bits per heavy atom. The molecule has 0 amide bonds. The van der Waals surface area contributed by atoms with E-state index in [0.29, 0.717) is 12.3 Å². The Labute approximate surface area is 174 Å². The number of nitrogens with zero attached hydrogens (tertiary/aromatic N) is 3. The standard InChI is InChI=1S/C23H35N3OS/c1-22(28)9-7-16-15(13-22)3-4-18-17(16)8-10-23(2)19(18)5-6-20(23)21(27)14-26-24-11-12-25-26/h11-12,15-20,28H,3-10,13-14H2,1-2H3/t15-,16+,17-,18-,19+,20-,22-,23+/m1/s1. The lowest BCUT2D eigenvalue weighted by atomic mass is 9.49. The molecular weight excluding hydrogens is 366 g/mol. The van der Waals surface area contributed by atoms with E-state index in [-0.39, 0.29) is 16.1 Å². The second-order valence-corrected chi connectivity index (χ2v) is 12.0. The Balaban J connectivity index is 1.32. The van der Waals surface area contributed by atoms with Gasteiger partial charge in [0.1, 0.15) is 6.54 Å². The first kappa shape index (κ1) is 19.1. The maximum atomic E-state index is 13.1. The molecule has 1 aromatic heterocycles. The molecule has 0 N–H and O–H groups in total. The molecule has 4 saturated carbocycles. The molecule has 4 aliphatic rings. The molecule has 0 radical (unpaired) electrons. The molecule has 1 heterocycles. The minimum Gasteiger partial charge on any atom is -0.297 e. The van der Waals surface area contributed by atoms with Crippen LogP contribution in [0.4, 0.5) is 0 Å². The molecule has 28 heavy (non-hydrogen) atoms. The molecule has 154 valence electrons. The van der Waals surface area contributed by atoms with Crippen LogP contribution in [0, 0.1) is 40.9 Å². The van der Waals surface area contributed by atoms with Crippen molar-refractivity contribution >= 4 is 18.4 Å². The van der Waals surface area contributed by atoms with Gasteiger partial charge < -0.3 is 0 Å². The molecule has 5 rings (SSSR count). The zero-order valence-corrected chi connectivity index (χ0v) is 18.3. The molecule has 0 bridgehead atoms. The van der Waals surface area contributed by atoms with Crippen LogP contribution in [-0.2, 0) is 11.3 Å². The fourth-order valence-electron chi connectivity index (χ4n) is 8.19. The predicted molar refractivity (Wildman–Crippen MR) is 113 cm³/mol. The highest BCUT2D eigenvalue weighted by Crippen LogP contribution is 2.65.